The van der Waals surface area contributed by atoms with Crippen molar-refractivity contribution >= 4 is 5.97 Å². The minimum absolute atomic E-state index is 0.245. The number of carbonyl (C=O) groups is 1. The van der Waals surface area contributed by atoms with Crippen LogP contribution in [0.4, 0.5) is 4.39 Å². The Morgan fingerprint density at radius 2 is 2.06 bits per heavy atom. The van der Waals surface area contributed by atoms with Crippen molar-refractivity contribution in [2.45, 2.75) is 52.6 Å². The fourth-order valence-corrected chi connectivity index (χ4v) is 1.58. The van der Waals surface area contributed by atoms with Gasteiger partial charge in [0.05, 0.1) is 13.0 Å². The molecule has 0 aliphatic rings. The predicted octanol–water partition coefficient (Wildman–Crippen LogP) is 4.22. The Kier molecular flexibility index (Phi) is 7.56. The summed E-state index contributed by atoms with van der Waals surface area (Å²) in [6.45, 7) is 6.97. The van der Waals surface area contributed by atoms with Crippen LogP contribution in [-0.2, 0) is 9.53 Å². The van der Waals surface area contributed by atoms with Gasteiger partial charge in [0.2, 0.25) is 0 Å². The van der Waals surface area contributed by atoms with Crippen LogP contribution in [-0.4, -0.2) is 18.7 Å². The molecule has 1 unspecified atom stereocenters. The van der Waals surface area contributed by atoms with Gasteiger partial charge in [-0.25, -0.2) is 4.39 Å². The summed E-state index contributed by atoms with van der Waals surface area (Å²) in [6.07, 6.45) is 7.82. The number of carbonyl (C=O) groups excluding carboxylic acids is 1. The van der Waals surface area contributed by atoms with Crippen molar-refractivity contribution in [2.75, 3.05) is 7.11 Å². The standard InChI is InChI=1S/C15H25FO2/c1-6-9-13(12(2)14(17)18-5)10-7-8-11-15(3,4)16/h7,9-10,12H,6,8,11H2,1-5H3/b10-7-,13-9+. The van der Waals surface area contributed by atoms with Gasteiger partial charge in [-0.05, 0) is 45.6 Å². The molecule has 0 amide bonds. The summed E-state index contributed by atoms with van der Waals surface area (Å²) in [5.41, 5.74) is -0.214. The third-order valence-corrected chi connectivity index (χ3v) is 2.71. The van der Waals surface area contributed by atoms with Crippen LogP contribution in [0.5, 0.6) is 0 Å². The fraction of sp³-hybridized carbons (Fsp3) is 0.667. The number of methoxy groups -OCH3 is 1. The minimum Gasteiger partial charge on any atom is -0.469 e. The second kappa shape index (κ2) is 8.06. The second-order valence-electron chi connectivity index (χ2n) is 5.02. The van der Waals surface area contributed by atoms with Gasteiger partial charge in [-0.15, -0.1) is 0 Å². The Morgan fingerprint density at radius 1 is 1.44 bits per heavy atom. The van der Waals surface area contributed by atoms with Crippen molar-refractivity contribution < 1.29 is 13.9 Å². The van der Waals surface area contributed by atoms with Gasteiger partial charge in [0, 0.05) is 0 Å². The summed E-state index contributed by atoms with van der Waals surface area (Å²) in [6, 6.07) is 0. The van der Waals surface area contributed by atoms with Gasteiger partial charge in [-0.3, -0.25) is 4.79 Å². The Labute approximate surface area is 110 Å². The number of halogens is 1. The van der Waals surface area contributed by atoms with Crippen LogP contribution in [0.2, 0.25) is 0 Å². The van der Waals surface area contributed by atoms with Gasteiger partial charge < -0.3 is 4.74 Å². The zero-order valence-corrected chi connectivity index (χ0v) is 12.1. The molecule has 104 valence electrons. The zero-order valence-electron chi connectivity index (χ0n) is 12.1. The highest BCUT2D eigenvalue weighted by molar-refractivity contribution is 5.76. The topological polar surface area (TPSA) is 26.3 Å². The second-order valence-corrected chi connectivity index (χ2v) is 5.02. The summed E-state index contributed by atoms with van der Waals surface area (Å²) in [5, 5.41) is 0. The Bertz CT molecular complexity index is 311. The van der Waals surface area contributed by atoms with Crippen molar-refractivity contribution in [1.82, 2.24) is 0 Å². The average Bonchev–Trinajstić information content (AvgIpc) is 2.30. The highest BCUT2D eigenvalue weighted by Gasteiger charge is 2.16. The molecular weight excluding hydrogens is 231 g/mol. The van der Waals surface area contributed by atoms with Gasteiger partial charge in [-0.2, -0.15) is 0 Å². The highest BCUT2D eigenvalue weighted by Crippen LogP contribution is 2.18. The molecule has 0 spiro atoms. The molecule has 0 saturated heterocycles. The lowest BCUT2D eigenvalue weighted by Gasteiger charge is -2.12. The first-order valence-electron chi connectivity index (χ1n) is 6.45. The molecule has 2 nitrogen and oxygen atoms in total. The first kappa shape index (κ1) is 16.9. The van der Waals surface area contributed by atoms with E-state index in [4.69, 9.17) is 4.74 Å². The molecule has 0 aromatic rings. The molecule has 0 rings (SSSR count). The fourth-order valence-electron chi connectivity index (χ4n) is 1.58. The van der Waals surface area contributed by atoms with E-state index in [1.807, 2.05) is 32.1 Å². The molecule has 0 aromatic heterocycles. The zero-order chi connectivity index (χ0) is 14.2. The lowest BCUT2D eigenvalue weighted by Crippen LogP contribution is -2.14. The van der Waals surface area contributed by atoms with Crippen LogP contribution >= 0.6 is 0 Å². The van der Waals surface area contributed by atoms with E-state index < -0.39 is 5.67 Å². The van der Waals surface area contributed by atoms with Crippen LogP contribution in [0.1, 0.15) is 47.0 Å². The maximum absolute atomic E-state index is 13.3. The summed E-state index contributed by atoms with van der Waals surface area (Å²) < 4.78 is 18.0. The number of hydrogen-bond acceptors (Lipinski definition) is 2. The van der Waals surface area contributed by atoms with Gasteiger partial charge in [0.1, 0.15) is 5.67 Å². The predicted molar refractivity (Wildman–Crippen MR) is 73.1 cm³/mol. The van der Waals surface area contributed by atoms with Gasteiger partial charge in [-0.1, -0.05) is 25.2 Å². The summed E-state index contributed by atoms with van der Waals surface area (Å²) >= 11 is 0. The van der Waals surface area contributed by atoms with Gasteiger partial charge in [0.25, 0.3) is 0 Å². The molecule has 0 N–H and O–H groups in total. The average molecular weight is 256 g/mol. The third kappa shape index (κ3) is 7.25. The quantitative estimate of drug-likeness (QED) is 0.503. The normalized spacial score (nSPS) is 14.9. The molecule has 1 atom stereocenters. The lowest BCUT2D eigenvalue weighted by atomic mass is 9.98. The molecule has 0 heterocycles. The van der Waals surface area contributed by atoms with Crippen molar-refractivity contribution in [3.8, 4) is 0 Å². The van der Waals surface area contributed by atoms with Crippen LogP contribution in [0, 0.1) is 5.92 Å². The molecule has 0 radical (unpaired) electrons. The number of esters is 1. The molecule has 0 aliphatic heterocycles. The summed E-state index contributed by atoms with van der Waals surface area (Å²) in [4.78, 5) is 11.5. The molecule has 18 heavy (non-hydrogen) atoms. The third-order valence-electron chi connectivity index (χ3n) is 2.71. The first-order chi connectivity index (χ1) is 8.31. The van der Waals surface area contributed by atoms with E-state index in [-0.39, 0.29) is 11.9 Å². The van der Waals surface area contributed by atoms with Crippen molar-refractivity contribution in [2.24, 2.45) is 5.92 Å². The van der Waals surface area contributed by atoms with Crippen molar-refractivity contribution in [3.63, 3.8) is 0 Å². The first-order valence-corrected chi connectivity index (χ1v) is 6.45. The summed E-state index contributed by atoms with van der Waals surface area (Å²) in [7, 11) is 1.39. The van der Waals surface area contributed by atoms with E-state index in [1.54, 1.807) is 13.8 Å². The largest absolute Gasteiger partial charge is 0.469 e. The van der Waals surface area contributed by atoms with E-state index in [2.05, 4.69) is 0 Å². The molecule has 0 aromatic carbocycles. The molecular formula is C15H25FO2. The maximum atomic E-state index is 13.3. The number of ether oxygens (including phenoxy) is 1. The Morgan fingerprint density at radius 3 is 2.50 bits per heavy atom. The lowest BCUT2D eigenvalue weighted by molar-refractivity contribution is -0.143. The van der Waals surface area contributed by atoms with Crippen molar-refractivity contribution in [1.29, 1.82) is 0 Å². The molecule has 0 bridgehead atoms. The Hall–Kier alpha value is -1.12. The number of allylic oxidation sites excluding steroid dienone is 3. The van der Waals surface area contributed by atoms with Crippen LogP contribution < -0.4 is 0 Å². The maximum Gasteiger partial charge on any atom is 0.312 e. The molecule has 0 aliphatic carbocycles. The van der Waals surface area contributed by atoms with Gasteiger partial charge in [0.15, 0.2) is 0 Å². The van der Waals surface area contributed by atoms with E-state index >= 15 is 0 Å². The Balaban J connectivity index is 4.51. The monoisotopic (exact) mass is 256 g/mol. The highest BCUT2D eigenvalue weighted by atomic mass is 19.1. The molecule has 3 heteroatoms. The van der Waals surface area contributed by atoms with E-state index in [0.29, 0.717) is 12.8 Å². The van der Waals surface area contributed by atoms with E-state index in [1.165, 1.54) is 7.11 Å². The molecule has 0 saturated carbocycles. The van der Waals surface area contributed by atoms with Crippen LogP contribution in [0.3, 0.4) is 0 Å². The van der Waals surface area contributed by atoms with Gasteiger partial charge >= 0.3 is 5.97 Å². The number of alkyl halides is 1. The van der Waals surface area contributed by atoms with Crippen LogP contribution in [0.15, 0.2) is 23.8 Å². The number of rotatable bonds is 7. The van der Waals surface area contributed by atoms with E-state index in [9.17, 15) is 9.18 Å². The minimum atomic E-state index is -1.15. The van der Waals surface area contributed by atoms with E-state index in [0.717, 1.165) is 12.0 Å². The van der Waals surface area contributed by atoms with Crippen LogP contribution in [0.25, 0.3) is 0 Å². The smallest absolute Gasteiger partial charge is 0.312 e. The summed E-state index contributed by atoms with van der Waals surface area (Å²) in [5.74, 6) is -0.519. The molecule has 0 fully saturated rings. The number of hydrogen-bond donors (Lipinski definition) is 0. The van der Waals surface area contributed by atoms with Crippen molar-refractivity contribution in [3.05, 3.63) is 23.8 Å². The SMILES string of the molecule is CC/C=C(\C=C/CCC(C)(C)F)C(C)C(=O)OC.